The van der Waals surface area contributed by atoms with E-state index in [2.05, 4.69) is 5.32 Å². The third kappa shape index (κ3) is 5.19. The van der Waals surface area contributed by atoms with Crippen LogP contribution < -0.4 is 5.32 Å². The van der Waals surface area contributed by atoms with Crippen LogP contribution in [0.15, 0.2) is 30.3 Å². The second-order valence-electron chi connectivity index (χ2n) is 5.30. The first-order chi connectivity index (χ1) is 10.1. The Morgan fingerprint density at radius 3 is 2.71 bits per heavy atom. The van der Waals surface area contributed by atoms with E-state index in [-0.39, 0.29) is 18.4 Å². The molecule has 2 N–H and O–H groups in total. The Bertz CT molecular complexity index is 468. The molecule has 1 amide bonds. The van der Waals surface area contributed by atoms with Gasteiger partial charge in [-0.25, -0.2) is 0 Å². The summed E-state index contributed by atoms with van der Waals surface area (Å²) in [5.74, 6) is -1.05. The topological polar surface area (TPSA) is 75.6 Å². The zero-order valence-corrected chi connectivity index (χ0v) is 12.0. The molecule has 1 fully saturated rings. The Morgan fingerprint density at radius 2 is 2.10 bits per heavy atom. The fourth-order valence-electron chi connectivity index (χ4n) is 2.54. The van der Waals surface area contributed by atoms with Gasteiger partial charge in [0.25, 0.3) is 0 Å². The lowest BCUT2D eigenvalue weighted by Gasteiger charge is -2.18. The maximum Gasteiger partial charge on any atom is 0.305 e. The van der Waals surface area contributed by atoms with Crippen molar-refractivity contribution in [3.63, 3.8) is 0 Å². The number of benzene rings is 1. The Hall–Kier alpha value is -1.88. The van der Waals surface area contributed by atoms with Crippen LogP contribution in [0.5, 0.6) is 0 Å². The van der Waals surface area contributed by atoms with Crippen LogP contribution in [0.2, 0.25) is 0 Å². The standard InChI is InChI=1S/C16H21NO4/c18-15(9-8-13-7-4-10-21-13)17-14(11-16(19)20)12-5-2-1-3-6-12/h1-3,5-6,13-14H,4,7-11H2,(H,17,18)(H,19,20). The van der Waals surface area contributed by atoms with Crippen molar-refractivity contribution in [2.75, 3.05) is 6.61 Å². The summed E-state index contributed by atoms with van der Waals surface area (Å²) in [6.07, 6.45) is 3.18. The largest absolute Gasteiger partial charge is 0.481 e. The van der Waals surface area contributed by atoms with Gasteiger partial charge >= 0.3 is 5.97 Å². The number of carboxylic acid groups (broad SMARTS) is 1. The van der Waals surface area contributed by atoms with Crippen molar-refractivity contribution in [3.8, 4) is 0 Å². The van der Waals surface area contributed by atoms with Crippen LogP contribution >= 0.6 is 0 Å². The summed E-state index contributed by atoms with van der Waals surface area (Å²) < 4.78 is 5.48. The number of carbonyl (C=O) groups is 2. The van der Waals surface area contributed by atoms with Crippen molar-refractivity contribution in [1.29, 1.82) is 0 Å². The molecule has 0 aliphatic carbocycles. The first kappa shape index (κ1) is 15.5. The molecule has 2 atom stereocenters. The lowest BCUT2D eigenvalue weighted by atomic mass is 10.0. The van der Waals surface area contributed by atoms with Crippen LogP contribution in [0.25, 0.3) is 0 Å². The molecule has 1 aromatic carbocycles. The van der Waals surface area contributed by atoms with Crippen LogP contribution in [0, 0.1) is 0 Å². The van der Waals surface area contributed by atoms with Crippen molar-refractivity contribution in [3.05, 3.63) is 35.9 Å². The average molecular weight is 291 g/mol. The molecule has 1 aromatic rings. The van der Waals surface area contributed by atoms with E-state index in [0.717, 1.165) is 25.0 Å². The van der Waals surface area contributed by atoms with Gasteiger partial charge in [0, 0.05) is 13.0 Å². The van der Waals surface area contributed by atoms with E-state index >= 15 is 0 Å². The minimum Gasteiger partial charge on any atom is -0.481 e. The summed E-state index contributed by atoms with van der Waals surface area (Å²) in [6.45, 7) is 0.776. The van der Waals surface area contributed by atoms with Gasteiger partial charge in [-0.05, 0) is 24.8 Å². The van der Waals surface area contributed by atoms with Gasteiger partial charge in [-0.2, -0.15) is 0 Å². The number of hydrogen-bond donors (Lipinski definition) is 2. The van der Waals surface area contributed by atoms with E-state index < -0.39 is 12.0 Å². The number of aliphatic carboxylic acids is 1. The highest BCUT2D eigenvalue weighted by Crippen LogP contribution is 2.19. The second kappa shape index (κ2) is 7.78. The van der Waals surface area contributed by atoms with E-state index in [1.54, 1.807) is 0 Å². The minimum atomic E-state index is -0.928. The summed E-state index contributed by atoms with van der Waals surface area (Å²) >= 11 is 0. The monoisotopic (exact) mass is 291 g/mol. The molecule has 1 heterocycles. The molecule has 0 aromatic heterocycles. The van der Waals surface area contributed by atoms with E-state index in [1.807, 2.05) is 30.3 Å². The summed E-state index contributed by atoms with van der Waals surface area (Å²) in [5.41, 5.74) is 0.811. The van der Waals surface area contributed by atoms with Crippen molar-refractivity contribution in [1.82, 2.24) is 5.32 Å². The third-order valence-electron chi connectivity index (χ3n) is 3.63. The molecule has 2 rings (SSSR count). The lowest BCUT2D eigenvalue weighted by molar-refractivity contribution is -0.137. The van der Waals surface area contributed by atoms with Gasteiger partial charge in [-0.15, -0.1) is 0 Å². The number of carboxylic acids is 1. The van der Waals surface area contributed by atoms with Gasteiger partial charge < -0.3 is 15.2 Å². The van der Waals surface area contributed by atoms with Gasteiger partial charge in [0.05, 0.1) is 18.6 Å². The maximum absolute atomic E-state index is 12.0. The molecular weight excluding hydrogens is 270 g/mol. The molecule has 0 spiro atoms. The van der Waals surface area contributed by atoms with Crippen LogP contribution in [0.1, 0.15) is 43.7 Å². The summed E-state index contributed by atoms with van der Waals surface area (Å²) in [7, 11) is 0. The molecular formula is C16H21NO4. The maximum atomic E-state index is 12.0. The Balaban J connectivity index is 1.88. The number of ether oxygens (including phenoxy) is 1. The second-order valence-corrected chi connectivity index (χ2v) is 5.30. The summed E-state index contributed by atoms with van der Waals surface area (Å²) in [6, 6.07) is 8.70. The highest BCUT2D eigenvalue weighted by molar-refractivity contribution is 5.77. The molecule has 2 unspecified atom stereocenters. The Morgan fingerprint density at radius 1 is 1.33 bits per heavy atom. The number of hydrogen-bond acceptors (Lipinski definition) is 3. The SMILES string of the molecule is O=C(O)CC(NC(=O)CCC1CCCO1)c1ccccc1. The third-order valence-corrected chi connectivity index (χ3v) is 3.63. The molecule has 1 aliphatic rings. The quantitative estimate of drug-likeness (QED) is 0.808. The van der Waals surface area contributed by atoms with E-state index in [0.29, 0.717) is 12.8 Å². The highest BCUT2D eigenvalue weighted by atomic mass is 16.5. The molecule has 0 bridgehead atoms. The van der Waals surface area contributed by atoms with Crippen LogP contribution in [-0.2, 0) is 14.3 Å². The van der Waals surface area contributed by atoms with Crippen molar-refractivity contribution < 1.29 is 19.4 Å². The van der Waals surface area contributed by atoms with Crippen molar-refractivity contribution >= 4 is 11.9 Å². The average Bonchev–Trinajstić information content (AvgIpc) is 2.98. The van der Waals surface area contributed by atoms with E-state index in [1.165, 1.54) is 0 Å². The van der Waals surface area contributed by atoms with E-state index in [9.17, 15) is 9.59 Å². The van der Waals surface area contributed by atoms with Gasteiger partial charge in [-0.3, -0.25) is 9.59 Å². The fourth-order valence-corrected chi connectivity index (χ4v) is 2.54. The van der Waals surface area contributed by atoms with Crippen LogP contribution in [0.3, 0.4) is 0 Å². The van der Waals surface area contributed by atoms with Gasteiger partial charge in [0.2, 0.25) is 5.91 Å². The van der Waals surface area contributed by atoms with Gasteiger partial charge in [0.15, 0.2) is 0 Å². The molecule has 114 valence electrons. The Kier molecular flexibility index (Phi) is 5.75. The van der Waals surface area contributed by atoms with Crippen LogP contribution in [-0.4, -0.2) is 29.7 Å². The number of nitrogens with one attached hydrogen (secondary N) is 1. The summed E-state index contributed by atoms with van der Waals surface area (Å²) in [4.78, 5) is 23.0. The molecule has 1 aliphatic heterocycles. The van der Waals surface area contributed by atoms with Crippen molar-refractivity contribution in [2.45, 2.75) is 44.2 Å². The minimum absolute atomic E-state index is 0.115. The first-order valence-corrected chi connectivity index (χ1v) is 7.33. The number of amides is 1. The molecule has 21 heavy (non-hydrogen) atoms. The number of rotatable bonds is 7. The molecule has 0 radical (unpaired) electrons. The van der Waals surface area contributed by atoms with Crippen LogP contribution in [0.4, 0.5) is 0 Å². The predicted octanol–water partition coefficient (Wildman–Crippen LogP) is 2.28. The predicted molar refractivity (Wildman–Crippen MR) is 77.8 cm³/mol. The molecule has 5 nitrogen and oxygen atoms in total. The molecule has 0 saturated carbocycles. The van der Waals surface area contributed by atoms with Gasteiger partial charge in [0.1, 0.15) is 0 Å². The zero-order valence-electron chi connectivity index (χ0n) is 12.0. The lowest BCUT2D eigenvalue weighted by Crippen LogP contribution is -2.30. The number of carbonyl (C=O) groups excluding carboxylic acids is 1. The summed E-state index contributed by atoms with van der Waals surface area (Å²) in [5, 5.41) is 11.8. The fraction of sp³-hybridized carbons (Fsp3) is 0.500. The molecule has 5 heteroatoms. The molecule has 1 saturated heterocycles. The van der Waals surface area contributed by atoms with Crippen molar-refractivity contribution in [2.24, 2.45) is 0 Å². The highest BCUT2D eigenvalue weighted by Gasteiger charge is 2.20. The smallest absolute Gasteiger partial charge is 0.305 e. The normalized spacial score (nSPS) is 19.1. The van der Waals surface area contributed by atoms with Gasteiger partial charge in [-0.1, -0.05) is 30.3 Å². The van der Waals surface area contributed by atoms with E-state index in [4.69, 9.17) is 9.84 Å². The Labute approximate surface area is 124 Å². The zero-order chi connectivity index (χ0) is 15.1. The first-order valence-electron chi connectivity index (χ1n) is 7.33.